The van der Waals surface area contributed by atoms with Gasteiger partial charge in [0.05, 0.1) is 71.5 Å². The van der Waals surface area contributed by atoms with Crippen LogP contribution in [0.5, 0.6) is 5.75 Å². The Hall–Kier alpha value is -4.25. The van der Waals surface area contributed by atoms with E-state index in [9.17, 15) is 44.4 Å². The number of carbonyl (C=O) groups excluding carboxylic acids is 4. The Labute approximate surface area is 305 Å². The highest BCUT2D eigenvalue weighted by Crippen LogP contribution is 2.31. The molecule has 0 spiro atoms. The molecule has 3 rings (SSSR count). The summed E-state index contributed by atoms with van der Waals surface area (Å²) in [5, 5.41) is 45.5. The molecule has 4 amide bonds. The molecule has 5 atom stereocenters. The Bertz CT molecular complexity index is 1380. The smallest absolute Gasteiger partial charge is 0.409 e. The number of anilines is 1. The summed E-state index contributed by atoms with van der Waals surface area (Å²) in [7, 11) is 3.32. The van der Waals surface area contributed by atoms with E-state index in [1.807, 2.05) is 0 Å². The Balaban J connectivity index is 1.41. The maximum absolute atomic E-state index is 12.9. The van der Waals surface area contributed by atoms with Gasteiger partial charge in [-0.15, -0.1) is 0 Å². The molecule has 6 N–H and O–H groups in total. The highest BCUT2D eigenvalue weighted by molar-refractivity contribution is 6.12. The average molecular weight is 757 g/mol. The van der Waals surface area contributed by atoms with Gasteiger partial charge >= 0.3 is 12.1 Å². The number of benzene rings is 1. The molecule has 0 aromatic heterocycles. The van der Waals surface area contributed by atoms with Gasteiger partial charge in [0.2, 0.25) is 12.2 Å². The van der Waals surface area contributed by atoms with Crippen molar-refractivity contribution in [1.82, 2.24) is 15.1 Å². The molecule has 2 aliphatic rings. The van der Waals surface area contributed by atoms with E-state index >= 15 is 0 Å². The fourth-order valence-corrected chi connectivity index (χ4v) is 4.71. The van der Waals surface area contributed by atoms with E-state index in [1.54, 1.807) is 14.1 Å². The highest BCUT2D eigenvalue weighted by Gasteiger charge is 2.48. The fourth-order valence-electron chi connectivity index (χ4n) is 4.71. The van der Waals surface area contributed by atoms with Gasteiger partial charge in [0, 0.05) is 32.3 Å². The van der Waals surface area contributed by atoms with Crippen LogP contribution in [-0.2, 0) is 54.2 Å². The second kappa shape index (κ2) is 22.7. The first-order valence-corrected chi connectivity index (χ1v) is 16.8. The van der Waals surface area contributed by atoms with Crippen LogP contribution in [0.15, 0.2) is 30.4 Å². The number of amides is 4. The normalized spacial score (nSPS) is 21.2. The number of likely N-dealkylation sites (N-methyl/N-ethyl adjacent to an activating group) is 2. The number of nitrogens with zero attached hydrogens (tertiary/aromatic N) is 2. The van der Waals surface area contributed by atoms with E-state index in [0.717, 1.165) is 4.90 Å². The molecule has 0 unspecified atom stereocenters. The number of aliphatic hydroxyl groups is 3. The molecule has 1 saturated heterocycles. The van der Waals surface area contributed by atoms with Crippen LogP contribution in [0, 0.1) is 0 Å². The molecular weight excluding hydrogens is 708 g/mol. The zero-order chi connectivity index (χ0) is 38.8. The predicted octanol–water partition coefficient (Wildman–Crippen LogP) is -1.93. The van der Waals surface area contributed by atoms with E-state index in [0.29, 0.717) is 31.9 Å². The number of hydrogen-bond donors (Lipinski definition) is 6. The molecule has 1 aromatic carbocycles. The monoisotopic (exact) mass is 756 g/mol. The lowest BCUT2D eigenvalue weighted by atomic mass is 9.99. The number of rotatable bonds is 24. The number of aliphatic hydroxyl groups excluding tert-OH is 3. The third-order valence-electron chi connectivity index (χ3n) is 7.69. The molecule has 0 saturated carbocycles. The number of imide groups is 1. The maximum atomic E-state index is 12.9. The van der Waals surface area contributed by atoms with Crippen molar-refractivity contribution >= 4 is 35.5 Å². The molecule has 2 aliphatic heterocycles. The van der Waals surface area contributed by atoms with Gasteiger partial charge in [0.1, 0.15) is 30.7 Å². The third-order valence-corrected chi connectivity index (χ3v) is 7.69. The molecule has 20 heteroatoms. The largest absolute Gasteiger partial charge is 0.479 e. The summed E-state index contributed by atoms with van der Waals surface area (Å²) in [5.41, 5.74) is 0.501. The summed E-state index contributed by atoms with van der Waals surface area (Å²) in [6.07, 6.45) is -7.56. The Kier molecular flexibility index (Phi) is 18.5. The molecule has 20 nitrogen and oxygen atoms in total. The lowest BCUT2D eigenvalue weighted by Crippen LogP contribution is -2.61. The first kappa shape index (κ1) is 43.2. The van der Waals surface area contributed by atoms with E-state index < -0.39 is 48.7 Å². The second-order valence-corrected chi connectivity index (χ2v) is 11.7. The highest BCUT2D eigenvalue weighted by atomic mass is 16.7. The van der Waals surface area contributed by atoms with Gasteiger partial charge < -0.3 is 69.1 Å². The molecular formula is C33H48N4O16. The van der Waals surface area contributed by atoms with Crippen molar-refractivity contribution < 1.29 is 77.6 Å². The molecule has 1 aromatic rings. The third kappa shape index (κ3) is 14.2. The van der Waals surface area contributed by atoms with Gasteiger partial charge in [-0.2, -0.15) is 0 Å². The number of carbonyl (C=O) groups is 5. The fraction of sp³-hybridized carbons (Fsp3) is 0.606. The first-order chi connectivity index (χ1) is 25.4. The topological polar surface area (TPSA) is 261 Å². The molecule has 53 heavy (non-hydrogen) atoms. The summed E-state index contributed by atoms with van der Waals surface area (Å²) in [4.78, 5) is 62.1. The maximum Gasteiger partial charge on any atom is 0.409 e. The minimum absolute atomic E-state index is 0.0228. The van der Waals surface area contributed by atoms with Crippen LogP contribution in [0.2, 0.25) is 0 Å². The molecule has 2 heterocycles. The van der Waals surface area contributed by atoms with Gasteiger partial charge in [0.15, 0.2) is 6.10 Å². The number of aliphatic carboxylic acids is 1. The minimum atomic E-state index is -1.92. The second-order valence-electron chi connectivity index (χ2n) is 11.7. The van der Waals surface area contributed by atoms with Crippen molar-refractivity contribution in [2.75, 3.05) is 91.9 Å². The summed E-state index contributed by atoms with van der Waals surface area (Å²) in [5.74, 6) is -2.90. The van der Waals surface area contributed by atoms with E-state index in [4.69, 9.17) is 33.2 Å². The van der Waals surface area contributed by atoms with E-state index in [-0.39, 0.29) is 82.5 Å². The summed E-state index contributed by atoms with van der Waals surface area (Å²) in [6.45, 7) is 2.76. The Morgan fingerprint density at radius 3 is 2.08 bits per heavy atom. The van der Waals surface area contributed by atoms with Crippen LogP contribution in [0.25, 0.3) is 0 Å². The van der Waals surface area contributed by atoms with Crippen LogP contribution >= 0.6 is 0 Å². The zero-order valence-corrected chi connectivity index (χ0v) is 29.5. The molecule has 1 fully saturated rings. The summed E-state index contributed by atoms with van der Waals surface area (Å²) >= 11 is 0. The predicted molar refractivity (Wildman–Crippen MR) is 181 cm³/mol. The lowest BCUT2D eigenvalue weighted by Gasteiger charge is -2.38. The van der Waals surface area contributed by atoms with Crippen LogP contribution in [0.1, 0.15) is 12.0 Å². The van der Waals surface area contributed by atoms with E-state index in [1.165, 1.54) is 35.3 Å². The number of hydrogen-bond acceptors (Lipinski definition) is 16. The zero-order valence-electron chi connectivity index (χ0n) is 29.5. The van der Waals surface area contributed by atoms with Crippen molar-refractivity contribution in [2.24, 2.45) is 0 Å². The Morgan fingerprint density at radius 1 is 0.868 bits per heavy atom. The summed E-state index contributed by atoms with van der Waals surface area (Å²) < 4.78 is 37.9. The van der Waals surface area contributed by atoms with Gasteiger partial charge in [-0.25, -0.2) is 9.59 Å². The van der Waals surface area contributed by atoms with Crippen molar-refractivity contribution in [2.45, 2.75) is 43.7 Å². The average Bonchev–Trinajstić information content (AvgIpc) is 3.46. The minimum Gasteiger partial charge on any atom is -0.479 e. The molecule has 0 bridgehead atoms. The quantitative estimate of drug-likeness (QED) is 0.0495. The summed E-state index contributed by atoms with van der Waals surface area (Å²) in [6, 6.07) is 4.33. The van der Waals surface area contributed by atoms with Gasteiger partial charge in [0.25, 0.3) is 11.8 Å². The van der Waals surface area contributed by atoms with Gasteiger partial charge in [-0.1, -0.05) is 6.07 Å². The van der Waals surface area contributed by atoms with Gasteiger partial charge in [-0.3, -0.25) is 19.3 Å². The standard InChI is InChI=1S/C33H48N4O16/c1-34-8-9-36(2)33(46)51-20-21-3-4-23(52-32-29(43)27(41)28(42)30(53-32)31(44)45)22(19-21)35-24(38)7-11-47-13-15-49-17-18-50-16-14-48-12-10-37-25(39)5-6-26(37)40/h3-6,19,27-30,32,34,41-43H,7-18,20H2,1-2H3,(H,35,38)(H,44,45)/t27-,28-,29+,30-,32+/m0/s1. The van der Waals surface area contributed by atoms with Crippen LogP contribution in [0.4, 0.5) is 10.5 Å². The number of carboxylic acid groups (broad SMARTS) is 1. The van der Waals surface area contributed by atoms with Crippen molar-refractivity contribution in [1.29, 1.82) is 0 Å². The van der Waals surface area contributed by atoms with Crippen molar-refractivity contribution in [3.63, 3.8) is 0 Å². The Morgan fingerprint density at radius 2 is 1.47 bits per heavy atom. The number of carboxylic acids is 1. The molecule has 0 aliphatic carbocycles. The first-order valence-electron chi connectivity index (χ1n) is 16.8. The van der Waals surface area contributed by atoms with Crippen LogP contribution in [0.3, 0.4) is 0 Å². The van der Waals surface area contributed by atoms with E-state index in [2.05, 4.69) is 10.6 Å². The van der Waals surface area contributed by atoms with Crippen molar-refractivity contribution in [3.05, 3.63) is 35.9 Å². The van der Waals surface area contributed by atoms with Gasteiger partial charge in [-0.05, 0) is 24.7 Å². The SMILES string of the molecule is CNCCN(C)C(=O)OCc1ccc(O[C@@H]2O[C@H](C(=O)O)[C@@H](O)[C@H](O)[C@H]2O)c(NC(=O)CCOCCOCCOCCOCCN2C(=O)C=CC2=O)c1. The van der Waals surface area contributed by atoms with Crippen molar-refractivity contribution in [3.8, 4) is 5.75 Å². The van der Waals surface area contributed by atoms with Crippen LogP contribution in [-0.4, -0.2) is 177 Å². The number of ether oxygens (including phenoxy) is 7. The number of nitrogens with one attached hydrogen (secondary N) is 2. The molecule has 296 valence electrons. The van der Waals surface area contributed by atoms with Crippen LogP contribution < -0.4 is 15.4 Å². The molecule has 0 radical (unpaired) electrons. The lowest BCUT2D eigenvalue weighted by molar-refractivity contribution is -0.271.